The zero-order valence-electron chi connectivity index (χ0n) is 15.9. The Hall–Kier alpha value is -3.94. The molecular formula is C21H19N3O5. The summed E-state index contributed by atoms with van der Waals surface area (Å²) in [5, 5.41) is 14.5. The maximum atomic E-state index is 11.9. The number of aryl methyl sites for hydroxylation is 2. The number of nitro groups is 1. The number of non-ortho nitro benzene ring substituents is 1. The molecule has 0 saturated heterocycles. The molecule has 0 aliphatic carbocycles. The maximum absolute atomic E-state index is 11.9. The van der Waals surface area contributed by atoms with Crippen molar-refractivity contribution >= 4 is 17.8 Å². The molecule has 1 heterocycles. The highest BCUT2D eigenvalue weighted by atomic mass is 16.6. The van der Waals surface area contributed by atoms with Crippen molar-refractivity contribution in [2.24, 2.45) is 5.10 Å². The standard InChI is InChI=1S/C21H19N3O5/c1-14-9-15(2)11-19(10-14)28-13-21(25)23-22-12-18-7-8-20(29-18)16-3-5-17(6-4-16)24(26)27/h3-12H,13H2,1-2H3,(H,23,25)/b22-12+. The average Bonchev–Trinajstić information content (AvgIpc) is 3.14. The van der Waals surface area contributed by atoms with Crippen LogP contribution in [0.25, 0.3) is 11.3 Å². The van der Waals surface area contributed by atoms with E-state index in [1.165, 1.54) is 18.3 Å². The number of furan rings is 1. The molecule has 8 nitrogen and oxygen atoms in total. The van der Waals surface area contributed by atoms with Gasteiger partial charge in [-0.2, -0.15) is 5.10 Å². The summed E-state index contributed by atoms with van der Waals surface area (Å²) in [5.74, 6) is 1.18. The van der Waals surface area contributed by atoms with Crippen LogP contribution in [-0.2, 0) is 4.79 Å². The summed E-state index contributed by atoms with van der Waals surface area (Å²) in [6, 6.07) is 15.1. The van der Waals surface area contributed by atoms with Crippen molar-refractivity contribution in [3.05, 3.63) is 81.6 Å². The van der Waals surface area contributed by atoms with Crippen LogP contribution in [0.4, 0.5) is 5.69 Å². The number of hydrazone groups is 1. The molecule has 0 bridgehead atoms. The minimum Gasteiger partial charge on any atom is -0.484 e. The number of hydrogen-bond acceptors (Lipinski definition) is 6. The predicted molar refractivity (Wildman–Crippen MR) is 108 cm³/mol. The molecule has 29 heavy (non-hydrogen) atoms. The summed E-state index contributed by atoms with van der Waals surface area (Å²) in [7, 11) is 0. The van der Waals surface area contributed by atoms with Gasteiger partial charge in [-0.3, -0.25) is 14.9 Å². The Morgan fingerprint density at radius 3 is 2.48 bits per heavy atom. The lowest BCUT2D eigenvalue weighted by molar-refractivity contribution is -0.384. The molecule has 0 unspecified atom stereocenters. The molecule has 1 amide bonds. The van der Waals surface area contributed by atoms with Crippen LogP contribution in [0.2, 0.25) is 0 Å². The first-order chi connectivity index (χ1) is 13.9. The molecule has 1 N–H and O–H groups in total. The summed E-state index contributed by atoms with van der Waals surface area (Å²) in [6.45, 7) is 3.75. The Morgan fingerprint density at radius 1 is 1.14 bits per heavy atom. The number of ether oxygens (including phenoxy) is 1. The van der Waals surface area contributed by atoms with Gasteiger partial charge in [0.25, 0.3) is 11.6 Å². The number of carbonyl (C=O) groups excluding carboxylic acids is 1. The van der Waals surface area contributed by atoms with Crippen LogP contribution in [-0.4, -0.2) is 23.7 Å². The molecule has 1 aromatic heterocycles. The van der Waals surface area contributed by atoms with Gasteiger partial charge in [0.1, 0.15) is 17.3 Å². The molecule has 0 aliphatic heterocycles. The van der Waals surface area contributed by atoms with Crippen molar-refractivity contribution in [1.29, 1.82) is 0 Å². The zero-order chi connectivity index (χ0) is 20.8. The van der Waals surface area contributed by atoms with Crippen LogP contribution in [0.1, 0.15) is 16.9 Å². The number of carbonyl (C=O) groups is 1. The van der Waals surface area contributed by atoms with E-state index >= 15 is 0 Å². The largest absolute Gasteiger partial charge is 0.484 e. The van der Waals surface area contributed by atoms with Gasteiger partial charge in [0.05, 0.1) is 11.1 Å². The first kappa shape index (κ1) is 19.8. The zero-order valence-corrected chi connectivity index (χ0v) is 15.9. The Balaban J connectivity index is 1.52. The van der Waals surface area contributed by atoms with Crippen LogP contribution >= 0.6 is 0 Å². The third-order valence-electron chi connectivity index (χ3n) is 3.94. The van der Waals surface area contributed by atoms with E-state index in [1.807, 2.05) is 32.0 Å². The van der Waals surface area contributed by atoms with Gasteiger partial charge < -0.3 is 9.15 Å². The van der Waals surface area contributed by atoms with E-state index in [0.29, 0.717) is 22.8 Å². The Kier molecular flexibility index (Phi) is 6.03. The van der Waals surface area contributed by atoms with Crippen LogP contribution in [0.5, 0.6) is 5.75 Å². The molecule has 0 radical (unpaired) electrons. The van der Waals surface area contributed by atoms with E-state index < -0.39 is 10.8 Å². The molecule has 0 spiro atoms. The maximum Gasteiger partial charge on any atom is 0.277 e. The van der Waals surface area contributed by atoms with E-state index in [0.717, 1.165) is 11.1 Å². The Labute approximate surface area is 167 Å². The monoisotopic (exact) mass is 393 g/mol. The van der Waals surface area contributed by atoms with Gasteiger partial charge >= 0.3 is 0 Å². The third-order valence-corrected chi connectivity index (χ3v) is 3.94. The minimum absolute atomic E-state index is 0.00727. The van der Waals surface area contributed by atoms with Gasteiger partial charge in [0.15, 0.2) is 6.61 Å². The predicted octanol–water partition coefficient (Wildman–Crippen LogP) is 4.00. The second kappa shape index (κ2) is 8.83. The number of rotatable bonds is 7. The summed E-state index contributed by atoms with van der Waals surface area (Å²) >= 11 is 0. The first-order valence-electron chi connectivity index (χ1n) is 8.78. The molecule has 0 aliphatic rings. The topological polar surface area (TPSA) is 107 Å². The fourth-order valence-electron chi connectivity index (χ4n) is 2.69. The van der Waals surface area contributed by atoms with Crippen molar-refractivity contribution in [3.8, 4) is 17.1 Å². The van der Waals surface area contributed by atoms with Crippen molar-refractivity contribution in [2.75, 3.05) is 6.61 Å². The quantitative estimate of drug-likeness (QED) is 0.371. The van der Waals surface area contributed by atoms with Gasteiger partial charge in [0, 0.05) is 17.7 Å². The summed E-state index contributed by atoms with van der Waals surface area (Å²) in [4.78, 5) is 22.1. The lowest BCUT2D eigenvalue weighted by Crippen LogP contribution is -2.24. The van der Waals surface area contributed by atoms with E-state index in [1.54, 1.807) is 24.3 Å². The summed E-state index contributed by atoms with van der Waals surface area (Å²) < 4.78 is 11.1. The van der Waals surface area contributed by atoms with Crippen LogP contribution < -0.4 is 10.2 Å². The molecule has 0 fully saturated rings. The fourth-order valence-corrected chi connectivity index (χ4v) is 2.69. The van der Waals surface area contributed by atoms with Crippen LogP contribution in [0.15, 0.2) is 64.1 Å². The van der Waals surface area contributed by atoms with Crippen LogP contribution in [0.3, 0.4) is 0 Å². The SMILES string of the molecule is Cc1cc(C)cc(OCC(=O)N/N=C/c2ccc(-c3ccc([N+](=O)[O-])cc3)o2)c1. The molecule has 3 aromatic rings. The number of nitrogens with zero attached hydrogens (tertiary/aromatic N) is 2. The molecule has 8 heteroatoms. The number of nitrogens with one attached hydrogen (secondary N) is 1. The van der Waals surface area contributed by atoms with Gasteiger partial charge in [-0.05, 0) is 61.4 Å². The first-order valence-corrected chi connectivity index (χ1v) is 8.78. The van der Waals surface area contributed by atoms with E-state index in [-0.39, 0.29) is 12.3 Å². The fraction of sp³-hybridized carbons (Fsp3) is 0.143. The van der Waals surface area contributed by atoms with E-state index in [9.17, 15) is 14.9 Å². The van der Waals surface area contributed by atoms with E-state index in [2.05, 4.69) is 10.5 Å². The smallest absolute Gasteiger partial charge is 0.277 e. The summed E-state index contributed by atoms with van der Waals surface area (Å²) in [6.07, 6.45) is 1.36. The van der Waals surface area contributed by atoms with Crippen molar-refractivity contribution in [1.82, 2.24) is 5.43 Å². The second-order valence-electron chi connectivity index (χ2n) is 6.41. The van der Waals surface area contributed by atoms with E-state index in [4.69, 9.17) is 9.15 Å². The molecule has 3 rings (SSSR count). The van der Waals surface area contributed by atoms with Gasteiger partial charge in [0.2, 0.25) is 0 Å². The normalized spacial score (nSPS) is 10.8. The highest BCUT2D eigenvalue weighted by Crippen LogP contribution is 2.24. The lowest BCUT2D eigenvalue weighted by Gasteiger charge is -2.07. The number of nitro benzene ring substituents is 1. The van der Waals surface area contributed by atoms with Crippen molar-refractivity contribution in [3.63, 3.8) is 0 Å². The highest BCUT2D eigenvalue weighted by molar-refractivity contribution is 5.81. The Bertz CT molecular complexity index is 1030. The molecular weight excluding hydrogens is 374 g/mol. The highest BCUT2D eigenvalue weighted by Gasteiger charge is 2.08. The Morgan fingerprint density at radius 2 is 1.83 bits per heavy atom. The number of hydrogen-bond donors (Lipinski definition) is 1. The van der Waals surface area contributed by atoms with Gasteiger partial charge in [-0.15, -0.1) is 0 Å². The molecule has 0 atom stereocenters. The number of benzene rings is 2. The average molecular weight is 393 g/mol. The van der Waals surface area contributed by atoms with Gasteiger partial charge in [-0.1, -0.05) is 6.07 Å². The third kappa shape index (κ3) is 5.52. The van der Waals surface area contributed by atoms with Crippen molar-refractivity contribution in [2.45, 2.75) is 13.8 Å². The molecule has 0 saturated carbocycles. The molecule has 148 valence electrons. The van der Waals surface area contributed by atoms with Crippen molar-refractivity contribution < 1.29 is 18.9 Å². The van der Waals surface area contributed by atoms with Crippen LogP contribution in [0, 0.1) is 24.0 Å². The lowest BCUT2D eigenvalue weighted by atomic mass is 10.1. The second-order valence-corrected chi connectivity index (χ2v) is 6.41. The minimum atomic E-state index is -0.462. The summed E-state index contributed by atoms with van der Waals surface area (Å²) in [5.41, 5.74) is 5.18. The molecule has 2 aromatic carbocycles. The number of amides is 1. The van der Waals surface area contributed by atoms with Gasteiger partial charge in [-0.25, -0.2) is 5.43 Å².